The van der Waals surface area contributed by atoms with Gasteiger partial charge in [0.2, 0.25) is 5.91 Å². The summed E-state index contributed by atoms with van der Waals surface area (Å²) in [5.41, 5.74) is 0.644. The molecular weight excluding hydrogens is 366 g/mol. The van der Waals surface area contributed by atoms with E-state index in [-0.39, 0.29) is 5.91 Å². The molecule has 1 aliphatic rings. The predicted molar refractivity (Wildman–Crippen MR) is 101 cm³/mol. The highest BCUT2D eigenvalue weighted by Crippen LogP contribution is 2.26. The van der Waals surface area contributed by atoms with E-state index in [4.69, 9.17) is 9.15 Å². The number of ether oxygens (including phenoxy) is 1. The fourth-order valence-corrected chi connectivity index (χ4v) is 3.38. The fraction of sp³-hybridized carbons (Fsp3) is 0.333. The Morgan fingerprint density at radius 3 is 2.85 bits per heavy atom. The van der Waals surface area contributed by atoms with Crippen molar-refractivity contribution in [2.75, 3.05) is 38.2 Å². The minimum absolute atomic E-state index is 0.123. The number of anilines is 1. The summed E-state index contributed by atoms with van der Waals surface area (Å²) in [7, 11) is 0. The monoisotopic (exact) mass is 385 g/mol. The zero-order chi connectivity index (χ0) is 18.6. The van der Waals surface area contributed by atoms with Crippen LogP contribution in [0.2, 0.25) is 0 Å². The van der Waals surface area contributed by atoms with Gasteiger partial charge in [0.1, 0.15) is 22.3 Å². The lowest BCUT2D eigenvalue weighted by Gasteiger charge is -2.25. The molecule has 9 heteroatoms. The van der Waals surface area contributed by atoms with Gasteiger partial charge in [-0.2, -0.15) is 0 Å². The highest BCUT2D eigenvalue weighted by atomic mass is 32.1. The van der Waals surface area contributed by atoms with E-state index >= 15 is 0 Å². The lowest BCUT2D eigenvalue weighted by Crippen LogP contribution is -2.41. The molecule has 1 saturated heterocycles. The number of furan rings is 1. The van der Waals surface area contributed by atoms with E-state index in [1.807, 2.05) is 24.4 Å². The molecule has 4 rings (SSSR count). The first kappa shape index (κ1) is 17.8. The SMILES string of the molecule is Cc1ccc(-c2nc(NC(=O)CN3CCOCC3)cc(-c3nccs3)n2)o1. The summed E-state index contributed by atoms with van der Waals surface area (Å²) >= 11 is 1.47. The summed E-state index contributed by atoms with van der Waals surface area (Å²) in [5.74, 6) is 2.04. The van der Waals surface area contributed by atoms with Crippen LogP contribution >= 0.6 is 11.3 Å². The van der Waals surface area contributed by atoms with Crippen LogP contribution in [0.3, 0.4) is 0 Å². The topological polar surface area (TPSA) is 93.4 Å². The molecule has 27 heavy (non-hydrogen) atoms. The standard InChI is InChI=1S/C18H19N5O3S/c1-12-2-3-14(26-12)17-20-13(18-19-4-9-27-18)10-15(22-17)21-16(24)11-23-5-7-25-8-6-23/h2-4,9-10H,5-8,11H2,1H3,(H,20,21,22,24). The zero-order valence-electron chi connectivity index (χ0n) is 14.8. The number of rotatable bonds is 5. The van der Waals surface area contributed by atoms with Crippen molar-refractivity contribution in [2.24, 2.45) is 0 Å². The Bertz CT molecular complexity index is 919. The quantitative estimate of drug-likeness (QED) is 0.721. The van der Waals surface area contributed by atoms with Crippen molar-refractivity contribution in [1.82, 2.24) is 19.9 Å². The fourth-order valence-electron chi connectivity index (χ4n) is 2.78. The second-order valence-corrected chi connectivity index (χ2v) is 7.04. The number of aryl methyl sites for hydroxylation is 1. The van der Waals surface area contributed by atoms with Crippen molar-refractivity contribution in [2.45, 2.75) is 6.92 Å². The van der Waals surface area contributed by atoms with Gasteiger partial charge in [-0.25, -0.2) is 15.0 Å². The number of amides is 1. The minimum atomic E-state index is -0.123. The Kier molecular flexibility index (Phi) is 5.23. The van der Waals surface area contributed by atoms with Gasteiger partial charge in [0.25, 0.3) is 0 Å². The average Bonchev–Trinajstić information content (AvgIpc) is 3.34. The van der Waals surface area contributed by atoms with Gasteiger partial charge in [-0.15, -0.1) is 11.3 Å². The number of hydrogen-bond acceptors (Lipinski definition) is 8. The van der Waals surface area contributed by atoms with Crippen LogP contribution < -0.4 is 5.32 Å². The predicted octanol–water partition coefficient (Wildman–Crippen LogP) is 2.44. The second kappa shape index (κ2) is 7.95. The van der Waals surface area contributed by atoms with Crippen LogP contribution in [0.5, 0.6) is 0 Å². The number of nitrogens with zero attached hydrogens (tertiary/aromatic N) is 4. The van der Waals surface area contributed by atoms with E-state index in [1.165, 1.54) is 11.3 Å². The first-order valence-corrected chi connectivity index (χ1v) is 9.51. The van der Waals surface area contributed by atoms with Crippen molar-refractivity contribution in [3.63, 3.8) is 0 Å². The Labute approximate surface area is 160 Å². The lowest BCUT2D eigenvalue weighted by atomic mass is 10.3. The van der Waals surface area contributed by atoms with E-state index in [1.54, 1.807) is 12.3 Å². The molecule has 140 valence electrons. The molecule has 1 N–H and O–H groups in total. The van der Waals surface area contributed by atoms with E-state index in [2.05, 4.69) is 25.2 Å². The molecule has 4 heterocycles. The summed E-state index contributed by atoms with van der Waals surface area (Å²) in [6, 6.07) is 5.40. The largest absolute Gasteiger partial charge is 0.458 e. The third kappa shape index (κ3) is 4.38. The van der Waals surface area contributed by atoms with Crippen LogP contribution in [0.4, 0.5) is 5.82 Å². The Morgan fingerprint density at radius 2 is 2.15 bits per heavy atom. The van der Waals surface area contributed by atoms with E-state index < -0.39 is 0 Å². The molecular formula is C18H19N5O3S. The molecule has 0 bridgehead atoms. The molecule has 3 aromatic heterocycles. The number of carbonyl (C=O) groups excluding carboxylic acids is 1. The molecule has 1 fully saturated rings. The molecule has 8 nitrogen and oxygen atoms in total. The summed E-state index contributed by atoms with van der Waals surface area (Å²) in [6.07, 6.45) is 1.72. The zero-order valence-corrected chi connectivity index (χ0v) is 15.7. The van der Waals surface area contributed by atoms with Gasteiger partial charge >= 0.3 is 0 Å². The minimum Gasteiger partial charge on any atom is -0.458 e. The molecule has 0 radical (unpaired) electrons. The number of morpholine rings is 1. The molecule has 0 spiro atoms. The number of carbonyl (C=O) groups is 1. The van der Waals surface area contributed by atoms with E-state index in [0.717, 1.165) is 23.9 Å². The Morgan fingerprint density at radius 1 is 1.30 bits per heavy atom. The van der Waals surface area contributed by atoms with Crippen molar-refractivity contribution in [3.05, 3.63) is 35.5 Å². The third-order valence-electron chi connectivity index (χ3n) is 4.08. The van der Waals surface area contributed by atoms with Crippen molar-refractivity contribution >= 4 is 23.1 Å². The first-order valence-electron chi connectivity index (χ1n) is 8.63. The summed E-state index contributed by atoms with van der Waals surface area (Å²) in [4.78, 5) is 27.8. The highest BCUT2D eigenvalue weighted by molar-refractivity contribution is 7.13. The molecule has 3 aromatic rings. The summed E-state index contributed by atoms with van der Waals surface area (Å²) in [6.45, 7) is 4.96. The van der Waals surface area contributed by atoms with Gasteiger partial charge in [0.15, 0.2) is 11.6 Å². The van der Waals surface area contributed by atoms with Crippen LogP contribution in [0.15, 0.2) is 34.2 Å². The van der Waals surface area contributed by atoms with Crippen molar-refractivity contribution < 1.29 is 13.9 Å². The molecule has 0 aliphatic carbocycles. The van der Waals surface area contributed by atoms with E-state index in [0.29, 0.717) is 42.9 Å². The first-order chi connectivity index (χ1) is 13.2. The summed E-state index contributed by atoms with van der Waals surface area (Å²) in [5, 5.41) is 5.51. The smallest absolute Gasteiger partial charge is 0.239 e. The maximum Gasteiger partial charge on any atom is 0.239 e. The van der Waals surface area contributed by atoms with Gasteiger partial charge in [0, 0.05) is 30.7 Å². The maximum absolute atomic E-state index is 12.4. The molecule has 0 atom stereocenters. The summed E-state index contributed by atoms with van der Waals surface area (Å²) < 4.78 is 11.0. The number of thiazole rings is 1. The maximum atomic E-state index is 12.4. The van der Waals surface area contributed by atoms with Crippen molar-refractivity contribution in [1.29, 1.82) is 0 Å². The molecule has 1 amide bonds. The normalized spacial score (nSPS) is 15.0. The Balaban J connectivity index is 1.59. The van der Waals surface area contributed by atoms with Gasteiger partial charge in [-0.1, -0.05) is 0 Å². The average molecular weight is 385 g/mol. The third-order valence-corrected chi connectivity index (χ3v) is 4.87. The highest BCUT2D eigenvalue weighted by Gasteiger charge is 2.17. The second-order valence-electron chi connectivity index (χ2n) is 6.15. The molecule has 0 aromatic carbocycles. The lowest BCUT2D eigenvalue weighted by molar-refractivity contribution is -0.118. The van der Waals surface area contributed by atoms with Crippen LogP contribution in [-0.4, -0.2) is 58.6 Å². The molecule has 0 unspecified atom stereocenters. The van der Waals surface area contributed by atoms with E-state index in [9.17, 15) is 4.79 Å². The van der Waals surface area contributed by atoms with Gasteiger partial charge in [0.05, 0.1) is 19.8 Å². The van der Waals surface area contributed by atoms with Crippen LogP contribution in [0, 0.1) is 6.92 Å². The van der Waals surface area contributed by atoms with Crippen LogP contribution in [-0.2, 0) is 9.53 Å². The van der Waals surface area contributed by atoms with Gasteiger partial charge in [-0.05, 0) is 19.1 Å². The van der Waals surface area contributed by atoms with Crippen molar-refractivity contribution in [3.8, 4) is 22.3 Å². The molecule has 0 saturated carbocycles. The van der Waals surface area contributed by atoms with Gasteiger partial charge < -0.3 is 14.5 Å². The number of hydrogen-bond donors (Lipinski definition) is 1. The Hall–Kier alpha value is -2.62. The van der Waals surface area contributed by atoms with Crippen LogP contribution in [0.1, 0.15) is 5.76 Å². The molecule has 1 aliphatic heterocycles. The number of nitrogens with one attached hydrogen (secondary N) is 1. The van der Waals surface area contributed by atoms with Crippen LogP contribution in [0.25, 0.3) is 22.3 Å². The van der Waals surface area contributed by atoms with Gasteiger partial charge in [-0.3, -0.25) is 9.69 Å². The number of aromatic nitrogens is 3.